The Labute approximate surface area is 205 Å². The molecule has 0 saturated heterocycles. The molecule has 0 bridgehead atoms. The van der Waals surface area contributed by atoms with Crippen LogP contribution < -0.4 is 5.32 Å². The summed E-state index contributed by atoms with van der Waals surface area (Å²) in [6.45, 7) is 5.36. The van der Waals surface area contributed by atoms with Gasteiger partial charge in [-0.15, -0.1) is 0 Å². The number of carbonyl (C=O) groups is 1. The standard InChI is InChI=1S/C28H34F2N2O3/c1-28(2,3)35-27(33)32-25-15-23-19(13-24(25)30)14-26(34-4)22(23)11-10-21-9-8-18(16-31-21)17-6-5-7-20(29)12-17/h5-12,16,19,22-26H,13-15H2,1-4H3,(H,32,33)/b11-10+/t19-,22-,23+,24+,25-,26-/m0/s1. The Hall–Kier alpha value is -2.80. The Balaban J connectivity index is 1.46. The largest absolute Gasteiger partial charge is 0.444 e. The Morgan fingerprint density at radius 1 is 1.14 bits per heavy atom. The second-order valence-corrected chi connectivity index (χ2v) is 10.6. The third-order valence-electron chi connectivity index (χ3n) is 6.99. The van der Waals surface area contributed by atoms with Gasteiger partial charge >= 0.3 is 6.09 Å². The number of methoxy groups -OCH3 is 1. The maximum atomic E-state index is 14.9. The molecule has 1 heterocycles. The van der Waals surface area contributed by atoms with Crippen LogP contribution in [0.2, 0.25) is 0 Å². The SMILES string of the molecule is CO[C@H]1C[C@@H]2C[C@@H](F)[C@@H](NC(=O)OC(C)(C)C)C[C@H]2[C@@H]1/C=C/c1ccc(-c2cccc(F)c2)cn1. The number of aromatic nitrogens is 1. The topological polar surface area (TPSA) is 60.5 Å². The van der Waals surface area contributed by atoms with Crippen molar-refractivity contribution in [1.82, 2.24) is 10.3 Å². The summed E-state index contributed by atoms with van der Waals surface area (Å²) in [4.78, 5) is 16.8. The van der Waals surface area contributed by atoms with Crippen molar-refractivity contribution in [3.8, 4) is 11.1 Å². The van der Waals surface area contributed by atoms with Crippen LogP contribution in [0.1, 0.15) is 45.7 Å². The molecule has 0 unspecified atom stereocenters. The zero-order valence-electron chi connectivity index (χ0n) is 20.7. The lowest BCUT2D eigenvalue weighted by atomic mass is 9.74. The number of benzene rings is 1. The van der Waals surface area contributed by atoms with Crippen LogP contribution in [0.5, 0.6) is 0 Å². The molecule has 35 heavy (non-hydrogen) atoms. The van der Waals surface area contributed by atoms with Gasteiger partial charge < -0.3 is 14.8 Å². The van der Waals surface area contributed by atoms with Crippen LogP contribution in [0.25, 0.3) is 17.2 Å². The second-order valence-electron chi connectivity index (χ2n) is 10.6. The van der Waals surface area contributed by atoms with Gasteiger partial charge in [0, 0.05) is 24.8 Å². The minimum Gasteiger partial charge on any atom is -0.444 e. The van der Waals surface area contributed by atoms with Crippen molar-refractivity contribution in [2.24, 2.45) is 17.8 Å². The molecule has 1 N–H and O–H groups in total. The minimum atomic E-state index is -1.11. The third kappa shape index (κ3) is 6.26. The van der Waals surface area contributed by atoms with E-state index in [1.54, 1.807) is 40.1 Å². The van der Waals surface area contributed by atoms with Crippen LogP contribution in [0, 0.1) is 23.6 Å². The number of nitrogens with one attached hydrogen (secondary N) is 1. The molecule has 0 radical (unpaired) electrons. The Bertz CT molecular complexity index is 1050. The molecule has 6 atom stereocenters. The lowest BCUT2D eigenvalue weighted by Crippen LogP contribution is -2.49. The van der Waals surface area contributed by atoms with E-state index in [1.165, 1.54) is 12.1 Å². The predicted octanol–water partition coefficient (Wildman–Crippen LogP) is 6.19. The van der Waals surface area contributed by atoms with Gasteiger partial charge in [0.15, 0.2) is 0 Å². The maximum Gasteiger partial charge on any atom is 0.407 e. The summed E-state index contributed by atoms with van der Waals surface area (Å²) >= 11 is 0. The lowest BCUT2D eigenvalue weighted by Gasteiger charge is -2.37. The first-order chi connectivity index (χ1) is 16.6. The second kappa shape index (κ2) is 10.4. The predicted molar refractivity (Wildman–Crippen MR) is 132 cm³/mol. The summed E-state index contributed by atoms with van der Waals surface area (Å²) in [5, 5.41) is 2.75. The quantitative estimate of drug-likeness (QED) is 0.549. The normalized spacial score (nSPS) is 28.6. The molecule has 188 valence electrons. The summed E-state index contributed by atoms with van der Waals surface area (Å²) in [6.07, 6.45) is 5.82. The monoisotopic (exact) mass is 484 g/mol. The fraction of sp³-hybridized carbons (Fsp3) is 0.500. The highest BCUT2D eigenvalue weighted by molar-refractivity contribution is 5.68. The van der Waals surface area contributed by atoms with Crippen molar-refractivity contribution >= 4 is 12.2 Å². The number of carbonyl (C=O) groups excluding carboxylic acids is 1. The number of amides is 1. The molecule has 0 aliphatic heterocycles. The fourth-order valence-corrected chi connectivity index (χ4v) is 5.42. The minimum absolute atomic E-state index is 0.0136. The molecular weight excluding hydrogens is 450 g/mol. The molecule has 2 aromatic rings. The van der Waals surface area contributed by atoms with Gasteiger partial charge in [0.2, 0.25) is 0 Å². The first-order valence-electron chi connectivity index (χ1n) is 12.2. The first kappa shape index (κ1) is 25.3. The van der Waals surface area contributed by atoms with E-state index in [-0.39, 0.29) is 29.7 Å². The van der Waals surface area contributed by atoms with E-state index in [4.69, 9.17) is 9.47 Å². The fourth-order valence-electron chi connectivity index (χ4n) is 5.42. The molecule has 1 aromatic carbocycles. The molecule has 2 aliphatic carbocycles. The number of alkyl carbamates (subject to hydrolysis) is 1. The molecule has 7 heteroatoms. The highest BCUT2D eigenvalue weighted by atomic mass is 19.1. The van der Waals surface area contributed by atoms with Crippen molar-refractivity contribution in [2.75, 3.05) is 7.11 Å². The summed E-state index contributed by atoms with van der Waals surface area (Å²) in [5.41, 5.74) is 1.77. The van der Waals surface area contributed by atoms with E-state index in [0.717, 1.165) is 23.2 Å². The number of hydrogen-bond donors (Lipinski definition) is 1. The molecule has 2 fully saturated rings. The number of halogens is 2. The molecule has 5 nitrogen and oxygen atoms in total. The van der Waals surface area contributed by atoms with Gasteiger partial charge in [0.1, 0.15) is 17.6 Å². The van der Waals surface area contributed by atoms with Crippen LogP contribution in [-0.4, -0.2) is 42.1 Å². The number of pyridine rings is 1. The van der Waals surface area contributed by atoms with E-state index in [1.807, 2.05) is 24.3 Å². The van der Waals surface area contributed by atoms with Gasteiger partial charge in [0.25, 0.3) is 0 Å². The number of ether oxygens (including phenoxy) is 2. The maximum absolute atomic E-state index is 14.9. The van der Waals surface area contributed by atoms with Crippen molar-refractivity contribution in [2.45, 2.75) is 64.0 Å². The van der Waals surface area contributed by atoms with Crippen LogP contribution in [-0.2, 0) is 9.47 Å². The Kier molecular flexibility index (Phi) is 7.55. The number of rotatable bonds is 5. The van der Waals surface area contributed by atoms with Gasteiger partial charge in [-0.1, -0.05) is 24.3 Å². The van der Waals surface area contributed by atoms with Gasteiger partial charge in [-0.3, -0.25) is 4.98 Å². The Morgan fingerprint density at radius 2 is 1.94 bits per heavy atom. The van der Waals surface area contributed by atoms with Crippen LogP contribution in [0.4, 0.5) is 13.6 Å². The van der Waals surface area contributed by atoms with Crippen molar-refractivity contribution in [1.29, 1.82) is 0 Å². The molecule has 1 amide bonds. The molecule has 2 aliphatic rings. The summed E-state index contributed by atoms with van der Waals surface area (Å²) in [6, 6.07) is 9.66. The number of fused-ring (bicyclic) bond motifs is 1. The van der Waals surface area contributed by atoms with Crippen molar-refractivity contribution in [3.05, 3.63) is 60.2 Å². The molecule has 4 rings (SSSR count). The summed E-state index contributed by atoms with van der Waals surface area (Å²) in [5.74, 6) is 0.194. The van der Waals surface area contributed by atoms with Crippen molar-refractivity contribution in [3.63, 3.8) is 0 Å². The van der Waals surface area contributed by atoms with E-state index >= 15 is 0 Å². The highest BCUT2D eigenvalue weighted by Gasteiger charge is 2.48. The van der Waals surface area contributed by atoms with E-state index in [2.05, 4.69) is 16.4 Å². The van der Waals surface area contributed by atoms with Gasteiger partial charge in [-0.25, -0.2) is 13.6 Å². The van der Waals surface area contributed by atoms with Crippen LogP contribution in [0.15, 0.2) is 48.7 Å². The zero-order chi connectivity index (χ0) is 25.2. The molecule has 1 aromatic heterocycles. The smallest absolute Gasteiger partial charge is 0.407 e. The number of hydrogen-bond acceptors (Lipinski definition) is 4. The lowest BCUT2D eigenvalue weighted by molar-refractivity contribution is 0.0381. The third-order valence-corrected chi connectivity index (χ3v) is 6.99. The molecule has 2 saturated carbocycles. The van der Waals surface area contributed by atoms with E-state index in [9.17, 15) is 13.6 Å². The van der Waals surface area contributed by atoms with Gasteiger partial charge in [0.05, 0.1) is 17.8 Å². The zero-order valence-corrected chi connectivity index (χ0v) is 20.7. The first-order valence-corrected chi connectivity index (χ1v) is 12.2. The number of alkyl halides is 1. The molecule has 0 spiro atoms. The average Bonchev–Trinajstić information content (AvgIpc) is 3.13. The van der Waals surface area contributed by atoms with E-state index in [0.29, 0.717) is 12.8 Å². The number of nitrogens with zero attached hydrogens (tertiary/aromatic N) is 1. The van der Waals surface area contributed by atoms with Crippen LogP contribution >= 0.6 is 0 Å². The van der Waals surface area contributed by atoms with Crippen molar-refractivity contribution < 1.29 is 23.0 Å². The summed E-state index contributed by atoms with van der Waals surface area (Å²) in [7, 11) is 1.69. The van der Waals surface area contributed by atoms with E-state index < -0.39 is 23.9 Å². The summed E-state index contributed by atoms with van der Waals surface area (Å²) < 4.78 is 39.6. The van der Waals surface area contributed by atoms with Gasteiger partial charge in [-0.2, -0.15) is 0 Å². The van der Waals surface area contributed by atoms with Gasteiger partial charge in [-0.05, 0) is 81.7 Å². The molecular formula is C28H34F2N2O3. The van der Waals surface area contributed by atoms with Crippen LogP contribution in [0.3, 0.4) is 0 Å². The average molecular weight is 485 g/mol. The Morgan fingerprint density at radius 3 is 2.60 bits per heavy atom. The highest BCUT2D eigenvalue weighted by Crippen LogP contribution is 2.48.